The van der Waals surface area contributed by atoms with Gasteiger partial charge in [-0.3, -0.25) is 9.59 Å². The number of halogens is 2. The van der Waals surface area contributed by atoms with Crippen molar-refractivity contribution in [2.24, 2.45) is 0 Å². The molecule has 1 saturated heterocycles. The van der Waals surface area contributed by atoms with Gasteiger partial charge in [0.1, 0.15) is 5.82 Å². The highest BCUT2D eigenvalue weighted by molar-refractivity contribution is 6.42. The van der Waals surface area contributed by atoms with E-state index >= 15 is 0 Å². The predicted octanol–water partition coefficient (Wildman–Crippen LogP) is 2.17. The van der Waals surface area contributed by atoms with Gasteiger partial charge in [-0.1, -0.05) is 11.6 Å². The van der Waals surface area contributed by atoms with Crippen molar-refractivity contribution in [3.8, 4) is 0 Å². The first-order valence-corrected chi connectivity index (χ1v) is 5.27. The maximum atomic E-state index is 12.9. The number of carbonyl (C=O) groups is 2. The largest absolute Gasteiger partial charge is 0.306 e. The molecule has 1 aromatic rings. The van der Waals surface area contributed by atoms with E-state index in [0.717, 1.165) is 0 Å². The summed E-state index contributed by atoms with van der Waals surface area (Å²) in [6.45, 7) is 0.465. The summed E-state index contributed by atoms with van der Waals surface area (Å²) in [4.78, 5) is 24.1. The van der Waals surface area contributed by atoms with Crippen LogP contribution in [0.4, 0.5) is 10.1 Å². The first kappa shape index (κ1) is 11.1. The van der Waals surface area contributed by atoms with Crippen LogP contribution in [0.5, 0.6) is 0 Å². The molecule has 16 heavy (non-hydrogen) atoms. The van der Waals surface area contributed by atoms with Gasteiger partial charge in [0.2, 0.25) is 5.78 Å². The van der Waals surface area contributed by atoms with Crippen molar-refractivity contribution in [2.45, 2.75) is 12.8 Å². The minimum atomic E-state index is -0.547. The van der Waals surface area contributed by atoms with Crippen LogP contribution in [0.15, 0.2) is 18.2 Å². The predicted molar refractivity (Wildman–Crippen MR) is 58.0 cm³/mol. The normalized spacial score (nSPS) is 16.8. The van der Waals surface area contributed by atoms with E-state index in [1.165, 1.54) is 23.1 Å². The number of ketones is 1. The van der Waals surface area contributed by atoms with Crippen molar-refractivity contribution in [1.82, 2.24) is 0 Å². The first-order valence-electron chi connectivity index (χ1n) is 4.89. The average molecular weight is 242 g/mol. The molecule has 1 aliphatic rings. The molecular formula is C11H9ClFNO2. The lowest BCUT2D eigenvalue weighted by Gasteiger charge is -2.25. The number of rotatable bonds is 1. The number of Topliss-reactive ketones (excluding diaryl/α,β-unsaturated/α-hetero) is 1. The zero-order valence-electron chi connectivity index (χ0n) is 8.37. The molecule has 1 aromatic carbocycles. The summed E-state index contributed by atoms with van der Waals surface area (Å²) >= 11 is 5.62. The minimum Gasteiger partial charge on any atom is -0.306 e. The Bertz CT molecular complexity index is 461. The Morgan fingerprint density at radius 2 is 2.06 bits per heavy atom. The van der Waals surface area contributed by atoms with Gasteiger partial charge in [0.25, 0.3) is 5.91 Å². The molecule has 0 unspecified atom stereocenters. The van der Waals surface area contributed by atoms with Crippen molar-refractivity contribution < 1.29 is 14.0 Å². The van der Waals surface area contributed by atoms with Crippen LogP contribution in [0.2, 0.25) is 5.02 Å². The fraction of sp³-hybridized carbons (Fsp3) is 0.273. The van der Waals surface area contributed by atoms with Gasteiger partial charge in [-0.25, -0.2) is 4.39 Å². The van der Waals surface area contributed by atoms with E-state index in [-0.39, 0.29) is 11.4 Å². The summed E-state index contributed by atoms with van der Waals surface area (Å²) in [7, 11) is 0. The van der Waals surface area contributed by atoms with Crippen molar-refractivity contribution in [3.63, 3.8) is 0 Å². The van der Waals surface area contributed by atoms with Crippen LogP contribution in [0.3, 0.4) is 0 Å². The number of piperidine rings is 1. The van der Waals surface area contributed by atoms with Gasteiger partial charge in [0.05, 0.1) is 5.02 Å². The molecule has 1 heterocycles. The van der Waals surface area contributed by atoms with Crippen molar-refractivity contribution in [1.29, 1.82) is 0 Å². The number of carbonyl (C=O) groups excluding carboxylic acids is 2. The lowest BCUT2D eigenvalue weighted by molar-refractivity contribution is -0.137. The van der Waals surface area contributed by atoms with Crippen LogP contribution in [0.1, 0.15) is 12.8 Å². The lowest BCUT2D eigenvalue weighted by atomic mass is 10.1. The SMILES string of the molecule is O=C1CCCN(c2ccc(F)c(Cl)c2)C1=O. The summed E-state index contributed by atoms with van der Waals surface area (Å²) in [5.41, 5.74) is 0.462. The van der Waals surface area contributed by atoms with E-state index in [0.29, 0.717) is 18.7 Å². The van der Waals surface area contributed by atoms with Gasteiger partial charge in [-0.05, 0) is 24.6 Å². The highest BCUT2D eigenvalue weighted by atomic mass is 35.5. The number of amides is 1. The van der Waals surface area contributed by atoms with Gasteiger partial charge < -0.3 is 4.90 Å². The van der Waals surface area contributed by atoms with Gasteiger partial charge in [0, 0.05) is 18.7 Å². The van der Waals surface area contributed by atoms with Gasteiger partial charge in [-0.2, -0.15) is 0 Å². The van der Waals surface area contributed by atoms with Crippen LogP contribution < -0.4 is 4.90 Å². The molecule has 0 radical (unpaired) electrons. The monoisotopic (exact) mass is 241 g/mol. The third-order valence-electron chi connectivity index (χ3n) is 2.48. The Labute approximate surface area is 96.8 Å². The zero-order chi connectivity index (χ0) is 11.7. The number of hydrogen-bond acceptors (Lipinski definition) is 2. The second-order valence-corrected chi connectivity index (χ2v) is 3.99. The Balaban J connectivity index is 2.32. The molecule has 0 N–H and O–H groups in total. The summed E-state index contributed by atoms with van der Waals surface area (Å²) in [5, 5.41) is -0.0525. The summed E-state index contributed by atoms with van der Waals surface area (Å²) < 4.78 is 12.9. The average Bonchev–Trinajstić information content (AvgIpc) is 2.26. The molecule has 0 bridgehead atoms. The summed E-state index contributed by atoms with van der Waals surface area (Å²) in [6, 6.07) is 3.98. The van der Waals surface area contributed by atoms with Crippen LogP contribution in [-0.4, -0.2) is 18.2 Å². The van der Waals surface area contributed by atoms with Gasteiger partial charge in [-0.15, -0.1) is 0 Å². The van der Waals surface area contributed by atoms with E-state index in [9.17, 15) is 14.0 Å². The van der Waals surface area contributed by atoms with Crippen LogP contribution in [0.25, 0.3) is 0 Å². The molecule has 1 fully saturated rings. The molecule has 2 rings (SSSR count). The maximum Gasteiger partial charge on any atom is 0.294 e. The standard InChI is InChI=1S/C11H9ClFNO2/c12-8-6-7(3-4-9(8)13)14-5-1-2-10(15)11(14)16/h3-4,6H,1-2,5H2. The fourth-order valence-electron chi connectivity index (χ4n) is 1.66. The van der Waals surface area contributed by atoms with E-state index in [1.807, 2.05) is 0 Å². The van der Waals surface area contributed by atoms with Crippen LogP contribution in [-0.2, 0) is 9.59 Å². The van der Waals surface area contributed by atoms with E-state index in [1.54, 1.807) is 0 Å². The molecule has 0 aromatic heterocycles. The highest BCUT2D eigenvalue weighted by Gasteiger charge is 2.27. The summed E-state index contributed by atoms with van der Waals surface area (Å²) in [5.74, 6) is -1.50. The van der Waals surface area contributed by atoms with Crippen LogP contribution in [0, 0.1) is 5.82 Å². The quantitative estimate of drug-likeness (QED) is 0.707. The molecule has 5 heteroatoms. The van der Waals surface area contributed by atoms with Crippen molar-refractivity contribution in [2.75, 3.05) is 11.4 Å². The Kier molecular flexibility index (Phi) is 2.92. The van der Waals surface area contributed by atoms with Crippen molar-refractivity contribution in [3.05, 3.63) is 29.0 Å². The topological polar surface area (TPSA) is 37.4 Å². The second-order valence-electron chi connectivity index (χ2n) is 3.58. The number of anilines is 1. The molecule has 1 aliphatic heterocycles. The van der Waals surface area contributed by atoms with Gasteiger partial charge in [0.15, 0.2) is 0 Å². The summed E-state index contributed by atoms with van der Waals surface area (Å²) in [6.07, 6.45) is 0.907. The molecule has 84 valence electrons. The molecule has 0 spiro atoms. The first-order chi connectivity index (χ1) is 7.59. The molecule has 0 saturated carbocycles. The third-order valence-corrected chi connectivity index (χ3v) is 2.77. The molecule has 0 atom stereocenters. The van der Waals surface area contributed by atoms with E-state index < -0.39 is 17.5 Å². The smallest absolute Gasteiger partial charge is 0.294 e. The minimum absolute atomic E-state index is 0.0525. The second kappa shape index (κ2) is 4.22. The van der Waals surface area contributed by atoms with Crippen molar-refractivity contribution >= 4 is 29.0 Å². The molecule has 1 amide bonds. The van der Waals surface area contributed by atoms with E-state index in [4.69, 9.17) is 11.6 Å². The number of benzene rings is 1. The van der Waals surface area contributed by atoms with E-state index in [2.05, 4.69) is 0 Å². The maximum absolute atomic E-state index is 12.9. The highest BCUT2D eigenvalue weighted by Crippen LogP contribution is 2.24. The Hall–Kier alpha value is -1.42. The number of nitrogens with zero attached hydrogens (tertiary/aromatic N) is 1. The third kappa shape index (κ3) is 1.93. The Morgan fingerprint density at radius 1 is 1.31 bits per heavy atom. The fourth-order valence-corrected chi connectivity index (χ4v) is 1.83. The molecular weight excluding hydrogens is 233 g/mol. The zero-order valence-corrected chi connectivity index (χ0v) is 9.13. The van der Waals surface area contributed by atoms with Gasteiger partial charge >= 0.3 is 0 Å². The lowest BCUT2D eigenvalue weighted by Crippen LogP contribution is -2.41. The number of hydrogen-bond donors (Lipinski definition) is 0. The Morgan fingerprint density at radius 3 is 2.75 bits per heavy atom. The van der Waals surface area contributed by atoms with Crippen LogP contribution >= 0.6 is 11.6 Å². The molecule has 3 nitrogen and oxygen atoms in total. The molecule has 0 aliphatic carbocycles.